The summed E-state index contributed by atoms with van der Waals surface area (Å²) in [4.78, 5) is 0. The molecule has 0 amide bonds. The van der Waals surface area contributed by atoms with E-state index in [0.29, 0.717) is 7.92 Å². The van der Waals surface area contributed by atoms with Gasteiger partial charge in [0.15, 0.2) is 0 Å². The topological polar surface area (TPSA) is 0 Å². The average molecular weight is 186 g/mol. The summed E-state index contributed by atoms with van der Waals surface area (Å²) in [6.45, 7) is 4.69. The molecule has 72 valence electrons. The lowest BCUT2D eigenvalue weighted by Crippen LogP contribution is -2.04. The first-order valence-electron chi connectivity index (χ1n) is 5.62. The van der Waals surface area contributed by atoms with Gasteiger partial charge in [0.1, 0.15) is 0 Å². The van der Waals surface area contributed by atoms with Crippen LogP contribution in [0.3, 0.4) is 0 Å². The lowest BCUT2D eigenvalue weighted by molar-refractivity contribution is 0.872. The quantitative estimate of drug-likeness (QED) is 0.563. The Hall–Kier alpha value is 0.430. The lowest BCUT2D eigenvalue weighted by atomic mass is 10.4. The predicted molar refractivity (Wildman–Crippen MR) is 59.5 cm³/mol. The number of hydrogen-bond acceptors (Lipinski definition) is 0. The molecule has 0 unspecified atom stereocenters. The molecule has 0 aromatic rings. The molecule has 0 aliphatic heterocycles. The van der Waals surface area contributed by atoms with Crippen LogP contribution in [0.15, 0.2) is 0 Å². The Morgan fingerprint density at radius 2 is 1.50 bits per heavy atom. The van der Waals surface area contributed by atoms with Crippen molar-refractivity contribution in [3.8, 4) is 0 Å². The molecule has 0 heterocycles. The van der Waals surface area contributed by atoms with Crippen LogP contribution in [0.2, 0.25) is 0 Å². The summed E-state index contributed by atoms with van der Waals surface area (Å²) in [5.41, 5.74) is 1.17. The van der Waals surface area contributed by atoms with Gasteiger partial charge in [-0.15, -0.1) is 7.92 Å². The lowest BCUT2D eigenvalue weighted by Gasteiger charge is -2.23. The minimum atomic E-state index is 0.438. The van der Waals surface area contributed by atoms with Crippen molar-refractivity contribution in [3.05, 3.63) is 0 Å². The van der Waals surface area contributed by atoms with Crippen molar-refractivity contribution in [1.29, 1.82) is 0 Å². The molecule has 1 rings (SSSR count). The third-order valence-electron chi connectivity index (χ3n) is 2.86. The van der Waals surface area contributed by atoms with Gasteiger partial charge in [-0.25, -0.2) is 0 Å². The molecule has 1 aliphatic rings. The van der Waals surface area contributed by atoms with Crippen molar-refractivity contribution in [3.63, 3.8) is 0 Å². The van der Waals surface area contributed by atoms with Crippen LogP contribution in [-0.2, 0) is 0 Å². The van der Waals surface area contributed by atoms with Gasteiger partial charge in [-0.3, -0.25) is 0 Å². The minimum Gasteiger partial charge on any atom is -0.104 e. The first kappa shape index (κ1) is 10.5. The van der Waals surface area contributed by atoms with Crippen molar-refractivity contribution in [2.45, 2.75) is 58.0 Å². The molecule has 1 saturated carbocycles. The van der Waals surface area contributed by atoms with Crippen LogP contribution in [-0.4, -0.2) is 18.0 Å². The Morgan fingerprint density at radius 1 is 1.00 bits per heavy atom. The monoisotopic (exact) mass is 186 g/mol. The van der Waals surface area contributed by atoms with Gasteiger partial charge in [0.05, 0.1) is 0 Å². The zero-order valence-electron chi connectivity index (χ0n) is 8.68. The van der Waals surface area contributed by atoms with E-state index in [-0.39, 0.29) is 0 Å². The molecular weight excluding hydrogens is 163 g/mol. The maximum atomic E-state index is 2.35. The fourth-order valence-electron chi connectivity index (χ4n) is 2.32. The van der Waals surface area contributed by atoms with Crippen LogP contribution in [0.5, 0.6) is 0 Å². The van der Waals surface area contributed by atoms with Crippen LogP contribution < -0.4 is 0 Å². The average Bonchev–Trinajstić information content (AvgIpc) is 2.56. The molecule has 0 bridgehead atoms. The molecule has 0 aromatic carbocycles. The molecule has 0 atom stereocenters. The van der Waals surface area contributed by atoms with E-state index in [1.54, 1.807) is 25.2 Å². The van der Waals surface area contributed by atoms with Gasteiger partial charge in [0, 0.05) is 0 Å². The SMILES string of the molecule is CCCP(CCC)C1CCCC1. The van der Waals surface area contributed by atoms with Crippen LogP contribution in [0.4, 0.5) is 0 Å². The van der Waals surface area contributed by atoms with Gasteiger partial charge < -0.3 is 0 Å². The first-order valence-corrected chi connectivity index (χ1v) is 7.40. The summed E-state index contributed by atoms with van der Waals surface area (Å²) in [6, 6.07) is 0. The van der Waals surface area contributed by atoms with E-state index in [1.165, 1.54) is 31.3 Å². The summed E-state index contributed by atoms with van der Waals surface area (Å²) < 4.78 is 0. The van der Waals surface area contributed by atoms with Gasteiger partial charge in [-0.1, -0.05) is 39.5 Å². The summed E-state index contributed by atoms with van der Waals surface area (Å²) in [7, 11) is 0.438. The number of hydrogen-bond donors (Lipinski definition) is 0. The Bertz CT molecular complexity index is 99.6. The standard InChI is InChI=1S/C11H23P/c1-3-9-12(10-4-2)11-7-5-6-8-11/h11H,3-10H2,1-2H3. The highest BCUT2D eigenvalue weighted by Gasteiger charge is 2.22. The van der Waals surface area contributed by atoms with Gasteiger partial charge in [0.2, 0.25) is 0 Å². The fraction of sp³-hybridized carbons (Fsp3) is 1.00. The molecule has 0 N–H and O–H groups in total. The van der Waals surface area contributed by atoms with Crippen LogP contribution in [0.25, 0.3) is 0 Å². The predicted octanol–water partition coefficient (Wildman–Crippen LogP) is 4.23. The van der Waals surface area contributed by atoms with E-state index in [0.717, 1.165) is 0 Å². The Morgan fingerprint density at radius 3 is 1.92 bits per heavy atom. The van der Waals surface area contributed by atoms with Gasteiger partial charge in [-0.2, -0.15) is 0 Å². The zero-order valence-corrected chi connectivity index (χ0v) is 9.58. The maximum absolute atomic E-state index is 2.35. The Balaban J connectivity index is 2.29. The summed E-state index contributed by atoms with van der Waals surface area (Å²) in [5.74, 6) is 0. The molecule has 1 aliphatic carbocycles. The van der Waals surface area contributed by atoms with Crippen LogP contribution in [0, 0.1) is 0 Å². The third-order valence-corrected chi connectivity index (χ3v) is 6.46. The molecule has 0 spiro atoms. The summed E-state index contributed by atoms with van der Waals surface area (Å²) >= 11 is 0. The maximum Gasteiger partial charge on any atom is -0.0209 e. The molecule has 12 heavy (non-hydrogen) atoms. The van der Waals surface area contributed by atoms with Gasteiger partial charge >= 0.3 is 0 Å². The second kappa shape index (κ2) is 5.97. The molecule has 1 heteroatoms. The third kappa shape index (κ3) is 3.05. The highest BCUT2D eigenvalue weighted by Crippen LogP contribution is 2.49. The van der Waals surface area contributed by atoms with Gasteiger partial charge in [-0.05, 0) is 30.8 Å². The summed E-state index contributed by atoms with van der Waals surface area (Å²) in [5, 5.41) is 0. The highest BCUT2D eigenvalue weighted by molar-refractivity contribution is 7.58. The normalized spacial score (nSPS) is 19.2. The van der Waals surface area contributed by atoms with E-state index < -0.39 is 0 Å². The smallest absolute Gasteiger partial charge is 0.0209 e. The molecule has 0 aromatic heterocycles. The first-order chi connectivity index (χ1) is 5.88. The second-order valence-corrected chi connectivity index (χ2v) is 6.78. The Kier molecular flexibility index (Phi) is 5.23. The minimum absolute atomic E-state index is 0.438. The second-order valence-electron chi connectivity index (χ2n) is 3.97. The summed E-state index contributed by atoms with van der Waals surface area (Å²) in [6.07, 6.45) is 12.1. The molecular formula is C11H23P. The largest absolute Gasteiger partial charge is 0.104 e. The molecule has 0 radical (unpaired) electrons. The van der Waals surface area contributed by atoms with E-state index in [2.05, 4.69) is 13.8 Å². The zero-order chi connectivity index (χ0) is 8.81. The fourth-order valence-corrected chi connectivity index (χ4v) is 5.52. The van der Waals surface area contributed by atoms with E-state index in [1.807, 2.05) is 0 Å². The number of rotatable bonds is 5. The Labute approximate surface area is 78.9 Å². The highest BCUT2D eigenvalue weighted by atomic mass is 31.1. The van der Waals surface area contributed by atoms with E-state index in [4.69, 9.17) is 0 Å². The van der Waals surface area contributed by atoms with Crippen molar-refractivity contribution in [2.24, 2.45) is 0 Å². The molecule has 1 fully saturated rings. The molecule has 0 saturated heterocycles. The van der Waals surface area contributed by atoms with Crippen molar-refractivity contribution < 1.29 is 0 Å². The van der Waals surface area contributed by atoms with Crippen LogP contribution in [0.1, 0.15) is 52.4 Å². The van der Waals surface area contributed by atoms with E-state index >= 15 is 0 Å². The van der Waals surface area contributed by atoms with Crippen molar-refractivity contribution in [2.75, 3.05) is 12.3 Å². The van der Waals surface area contributed by atoms with E-state index in [9.17, 15) is 0 Å². The van der Waals surface area contributed by atoms with Crippen molar-refractivity contribution >= 4 is 7.92 Å². The molecule has 0 nitrogen and oxygen atoms in total. The van der Waals surface area contributed by atoms with Gasteiger partial charge in [0.25, 0.3) is 0 Å². The van der Waals surface area contributed by atoms with Crippen LogP contribution >= 0.6 is 7.92 Å². The van der Waals surface area contributed by atoms with Crippen molar-refractivity contribution in [1.82, 2.24) is 0 Å².